The zero-order valence-electron chi connectivity index (χ0n) is 14.9. The lowest BCUT2D eigenvalue weighted by Gasteiger charge is -2.25. The maximum absolute atomic E-state index is 4.06. The maximum Gasteiger partial charge on any atom is 0.0540 e. The van der Waals surface area contributed by atoms with Crippen LogP contribution in [-0.2, 0) is 0 Å². The Hall–Kier alpha value is -3.07. The van der Waals surface area contributed by atoms with Gasteiger partial charge in [0.25, 0.3) is 0 Å². The highest BCUT2D eigenvalue weighted by atomic mass is 15.3. The second kappa shape index (κ2) is 7.67. The van der Waals surface area contributed by atoms with Crippen LogP contribution in [-0.4, -0.2) is 13.3 Å². The van der Waals surface area contributed by atoms with Gasteiger partial charge < -0.3 is 10.3 Å². The second-order valence-corrected chi connectivity index (χ2v) is 6.08. The molecule has 0 aliphatic rings. The molecule has 0 saturated heterocycles. The number of benzene rings is 3. The van der Waals surface area contributed by atoms with Crippen LogP contribution in [0.2, 0.25) is 0 Å². The van der Waals surface area contributed by atoms with Gasteiger partial charge in [-0.3, -0.25) is 0 Å². The highest BCUT2D eigenvalue weighted by molar-refractivity contribution is 5.82. The highest BCUT2D eigenvalue weighted by Gasteiger charge is 2.11. The zero-order chi connectivity index (χ0) is 17.6. The molecule has 0 spiro atoms. The van der Waals surface area contributed by atoms with Gasteiger partial charge in [-0.1, -0.05) is 47.5 Å². The van der Waals surface area contributed by atoms with E-state index in [1.54, 1.807) is 7.05 Å². The number of rotatable bonds is 5. The zero-order valence-corrected chi connectivity index (χ0v) is 14.9. The van der Waals surface area contributed by atoms with Crippen molar-refractivity contribution in [1.82, 2.24) is 5.43 Å². The number of nitrogens with one attached hydrogen (secondary N) is 1. The van der Waals surface area contributed by atoms with Crippen LogP contribution >= 0.6 is 0 Å². The van der Waals surface area contributed by atoms with Crippen LogP contribution in [0.15, 0.2) is 77.9 Å². The quantitative estimate of drug-likeness (QED) is 0.506. The monoisotopic (exact) mass is 329 g/mol. The second-order valence-electron chi connectivity index (χ2n) is 6.08. The predicted octanol–water partition coefficient (Wildman–Crippen LogP) is 5.33. The van der Waals surface area contributed by atoms with E-state index in [4.69, 9.17) is 0 Å². The Morgan fingerprint density at radius 3 is 1.48 bits per heavy atom. The molecule has 3 heteroatoms. The van der Waals surface area contributed by atoms with E-state index in [-0.39, 0.29) is 0 Å². The molecule has 3 rings (SSSR count). The summed E-state index contributed by atoms with van der Waals surface area (Å²) in [5, 5.41) is 4.06. The number of anilines is 3. The number of hydrazone groups is 1. The molecular weight excluding hydrogens is 306 g/mol. The third-order valence-electron chi connectivity index (χ3n) is 4.08. The molecule has 0 amide bonds. The van der Waals surface area contributed by atoms with Crippen molar-refractivity contribution in [3.05, 3.63) is 89.5 Å². The Morgan fingerprint density at radius 1 is 0.680 bits per heavy atom. The van der Waals surface area contributed by atoms with Crippen molar-refractivity contribution in [2.45, 2.75) is 13.8 Å². The first-order valence-corrected chi connectivity index (χ1v) is 8.41. The molecule has 0 aliphatic heterocycles. The van der Waals surface area contributed by atoms with E-state index in [0.717, 1.165) is 22.6 Å². The minimum atomic E-state index is 1.06. The van der Waals surface area contributed by atoms with Gasteiger partial charge in [0.05, 0.1) is 6.21 Å². The van der Waals surface area contributed by atoms with Crippen molar-refractivity contribution in [2.24, 2.45) is 5.10 Å². The number of aryl methyl sites for hydroxylation is 2. The lowest BCUT2D eigenvalue weighted by molar-refractivity contribution is 0.908. The van der Waals surface area contributed by atoms with E-state index in [1.165, 1.54) is 11.1 Å². The van der Waals surface area contributed by atoms with Gasteiger partial charge in [0, 0.05) is 24.1 Å². The van der Waals surface area contributed by atoms with Crippen molar-refractivity contribution in [3.8, 4) is 0 Å². The van der Waals surface area contributed by atoms with Crippen LogP contribution in [0.25, 0.3) is 0 Å². The Morgan fingerprint density at radius 2 is 1.08 bits per heavy atom. The summed E-state index contributed by atoms with van der Waals surface area (Å²) in [5.41, 5.74) is 9.76. The van der Waals surface area contributed by atoms with Crippen LogP contribution < -0.4 is 10.3 Å². The molecule has 0 aliphatic carbocycles. The summed E-state index contributed by atoms with van der Waals surface area (Å²) < 4.78 is 0. The fourth-order valence-electron chi connectivity index (χ4n) is 2.68. The molecule has 3 aromatic rings. The smallest absolute Gasteiger partial charge is 0.0540 e. The Labute approximate surface area is 149 Å². The molecular formula is C22H23N3. The van der Waals surface area contributed by atoms with Gasteiger partial charge >= 0.3 is 0 Å². The first-order valence-electron chi connectivity index (χ1n) is 8.41. The van der Waals surface area contributed by atoms with Gasteiger partial charge in [0.2, 0.25) is 0 Å². The van der Waals surface area contributed by atoms with E-state index in [9.17, 15) is 0 Å². The largest absolute Gasteiger partial charge is 0.313 e. The van der Waals surface area contributed by atoms with E-state index >= 15 is 0 Å². The highest BCUT2D eigenvalue weighted by Crippen LogP contribution is 2.34. The molecule has 0 unspecified atom stereocenters. The molecule has 126 valence electrons. The van der Waals surface area contributed by atoms with Gasteiger partial charge in [-0.15, -0.1) is 0 Å². The average molecular weight is 329 g/mol. The SMILES string of the molecule is CNN=Cc1ccc(N(c2ccc(C)cc2)c2ccc(C)cc2)cc1. The Bertz CT molecular complexity index is 786. The number of nitrogens with zero attached hydrogens (tertiary/aromatic N) is 2. The fraction of sp³-hybridized carbons (Fsp3) is 0.136. The van der Waals surface area contributed by atoms with Gasteiger partial charge in [0.1, 0.15) is 0 Å². The van der Waals surface area contributed by atoms with E-state index in [2.05, 4.69) is 102 Å². The van der Waals surface area contributed by atoms with Crippen molar-refractivity contribution < 1.29 is 0 Å². The Kier molecular flexibility index (Phi) is 5.14. The third kappa shape index (κ3) is 4.07. The predicted molar refractivity (Wildman–Crippen MR) is 107 cm³/mol. The topological polar surface area (TPSA) is 27.6 Å². The molecule has 0 fully saturated rings. The lowest BCUT2D eigenvalue weighted by Crippen LogP contribution is -2.10. The lowest BCUT2D eigenvalue weighted by atomic mass is 10.1. The summed E-state index contributed by atoms with van der Waals surface area (Å²) in [6.45, 7) is 4.21. The molecule has 0 heterocycles. The van der Waals surface area contributed by atoms with Crippen LogP contribution in [0.4, 0.5) is 17.1 Å². The van der Waals surface area contributed by atoms with Crippen molar-refractivity contribution in [2.75, 3.05) is 11.9 Å². The molecule has 3 aromatic carbocycles. The standard InChI is InChI=1S/C22H23N3/c1-17-4-10-20(11-5-17)25(21-12-6-18(2)7-13-21)22-14-8-19(9-15-22)16-24-23-3/h4-16,23H,1-3H3. The number of hydrogen-bond acceptors (Lipinski definition) is 3. The molecule has 0 radical (unpaired) electrons. The first kappa shape index (κ1) is 16.8. The minimum absolute atomic E-state index is 1.06. The van der Waals surface area contributed by atoms with E-state index in [0.29, 0.717) is 0 Å². The van der Waals surface area contributed by atoms with Gasteiger partial charge in [-0.25, -0.2) is 0 Å². The van der Waals surface area contributed by atoms with E-state index < -0.39 is 0 Å². The summed E-state index contributed by atoms with van der Waals surface area (Å²) in [4.78, 5) is 2.26. The summed E-state index contributed by atoms with van der Waals surface area (Å²) in [6.07, 6.45) is 1.81. The number of hydrogen-bond donors (Lipinski definition) is 1. The van der Waals surface area contributed by atoms with Crippen LogP contribution in [0.1, 0.15) is 16.7 Å². The molecule has 25 heavy (non-hydrogen) atoms. The van der Waals surface area contributed by atoms with Crippen LogP contribution in [0.5, 0.6) is 0 Å². The van der Waals surface area contributed by atoms with Gasteiger partial charge in [-0.2, -0.15) is 5.10 Å². The van der Waals surface area contributed by atoms with Gasteiger partial charge in [-0.05, 0) is 55.8 Å². The van der Waals surface area contributed by atoms with Crippen molar-refractivity contribution >= 4 is 23.3 Å². The van der Waals surface area contributed by atoms with E-state index in [1.807, 2.05) is 6.21 Å². The normalized spacial score (nSPS) is 10.8. The van der Waals surface area contributed by atoms with Crippen LogP contribution in [0.3, 0.4) is 0 Å². The van der Waals surface area contributed by atoms with Crippen molar-refractivity contribution in [1.29, 1.82) is 0 Å². The summed E-state index contributed by atoms with van der Waals surface area (Å²) in [5.74, 6) is 0. The Balaban J connectivity index is 2.02. The molecule has 0 bridgehead atoms. The molecule has 3 nitrogen and oxygen atoms in total. The summed E-state index contributed by atoms with van der Waals surface area (Å²) in [6, 6.07) is 25.6. The average Bonchev–Trinajstić information content (AvgIpc) is 2.64. The molecule has 1 N–H and O–H groups in total. The van der Waals surface area contributed by atoms with Crippen molar-refractivity contribution in [3.63, 3.8) is 0 Å². The molecule has 0 saturated carbocycles. The maximum atomic E-state index is 4.06. The van der Waals surface area contributed by atoms with Crippen LogP contribution in [0, 0.1) is 13.8 Å². The summed E-state index contributed by atoms with van der Waals surface area (Å²) in [7, 11) is 1.79. The molecule has 0 atom stereocenters. The minimum Gasteiger partial charge on any atom is -0.313 e. The molecule has 0 aromatic heterocycles. The fourth-order valence-corrected chi connectivity index (χ4v) is 2.68. The third-order valence-corrected chi connectivity index (χ3v) is 4.08. The van der Waals surface area contributed by atoms with Gasteiger partial charge in [0.15, 0.2) is 0 Å². The summed E-state index contributed by atoms with van der Waals surface area (Å²) >= 11 is 0. The first-order chi connectivity index (χ1) is 12.2.